The molecule has 0 aromatic heterocycles. The number of phosphoric ester groups is 1. The highest BCUT2D eigenvalue weighted by Crippen LogP contribution is 2.38. The van der Waals surface area contributed by atoms with Crippen LogP contribution < -0.4 is 4.89 Å². The van der Waals surface area contributed by atoms with Gasteiger partial charge in [-0.15, -0.1) is 0 Å². The van der Waals surface area contributed by atoms with Crippen molar-refractivity contribution < 1.29 is 37.3 Å². The molecule has 0 aromatic carbocycles. The van der Waals surface area contributed by atoms with E-state index in [1.807, 2.05) is 21.1 Å². The lowest BCUT2D eigenvalue weighted by Crippen LogP contribution is -2.37. The number of likely N-dealkylation sites (N-methyl/N-ethyl adjacent to an activating group) is 1. The highest BCUT2D eigenvalue weighted by molar-refractivity contribution is 7.45. The molecule has 0 bridgehead atoms. The van der Waals surface area contributed by atoms with Gasteiger partial charge in [0.15, 0.2) is 0 Å². The lowest BCUT2D eigenvalue weighted by molar-refractivity contribution is -0.870. The fraction of sp³-hybridized carbons (Fsp3) is 0.870. The van der Waals surface area contributed by atoms with Crippen LogP contribution in [-0.4, -0.2) is 70.7 Å². The number of allylic oxidation sites excluding steroid dienone is 6. The molecule has 0 radical (unpaired) electrons. The molecule has 372 valence electrons. The predicted octanol–water partition coefficient (Wildman–Crippen LogP) is 15.9. The van der Waals surface area contributed by atoms with E-state index in [0.717, 1.165) is 38.5 Å². The highest BCUT2D eigenvalue weighted by atomic mass is 31.2. The molecule has 0 aliphatic carbocycles. The van der Waals surface area contributed by atoms with Gasteiger partial charge in [-0.25, -0.2) is 0 Å². The van der Waals surface area contributed by atoms with Crippen molar-refractivity contribution in [3.63, 3.8) is 0 Å². The van der Waals surface area contributed by atoms with Crippen molar-refractivity contribution in [2.75, 3.05) is 54.1 Å². The Morgan fingerprint density at radius 1 is 0.492 bits per heavy atom. The second-order valence-corrected chi connectivity index (χ2v) is 20.6. The molecular formula is C54H104NO7P. The largest absolute Gasteiger partial charge is 0.756 e. The van der Waals surface area contributed by atoms with Gasteiger partial charge >= 0.3 is 5.97 Å². The third-order valence-corrected chi connectivity index (χ3v) is 12.6. The third kappa shape index (κ3) is 51.6. The van der Waals surface area contributed by atoms with Gasteiger partial charge in [-0.05, 0) is 70.6 Å². The van der Waals surface area contributed by atoms with Crippen molar-refractivity contribution in [2.45, 2.75) is 251 Å². The molecule has 0 rings (SSSR count). The number of hydrogen-bond acceptors (Lipinski definition) is 7. The minimum absolute atomic E-state index is 0.0257. The molecule has 2 atom stereocenters. The number of carbonyl (C=O) groups excluding carboxylic acids is 1. The highest BCUT2D eigenvalue weighted by Gasteiger charge is 2.20. The van der Waals surface area contributed by atoms with Crippen molar-refractivity contribution in [1.82, 2.24) is 0 Å². The van der Waals surface area contributed by atoms with Gasteiger partial charge in [0.05, 0.1) is 34.4 Å². The van der Waals surface area contributed by atoms with E-state index < -0.39 is 13.9 Å². The van der Waals surface area contributed by atoms with Gasteiger partial charge in [0.25, 0.3) is 7.82 Å². The minimum atomic E-state index is -4.53. The number of unbranched alkanes of at least 4 members (excludes halogenated alkanes) is 30. The van der Waals surface area contributed by atoms with Gasteiger partial charge in [0.2, 0.25) is 0 Å². The Morgan fingerprint density at radius 2 is 0.873 bits per heavy atom. The van der Waals surface area contributed by atoms with E-state index in [2.05, 4.69) is 50.3 Å². The summed E-state index contributed by atoms with van der Waals surface area (Å²) in [4.78, 5) is 25.2. The smallest absolute Gasteiger partial charge is 0.306 e. The first-order valence-corrected chi connectivity index (χ1v) is 28.2. The van der Waals surface area contributed by atoms with Crippen molar-refractivity contribution in [2.24, 2.45) is 0 Å². The van der Waals surface area contributed by atoms with Crippen LogP contribution in [0.1, 0.15) is 245 Å². The summed E-state index contributed by atoms with van der Waals surface area (Å²) in [6.45, 7) is 5.42. The fourth-order valence-electron chi connectivity index (χ4n) is 7.51. The zero-order valence-electron chi connectivity index (χ0n) is 42.3. The first-order valence-electron chi connectivity index (χ1n) is 26.7. The molecule has 63 heavy (non-hydrogen) atoms. The van der Waals surface area contributed by atoms with Gasteiger partial charge < -0.3 is 27.9 Å². The number of esters is 1. The predicted molar refractivity (Wildman–Crippen MR) is 268 cm³/mol. The van der Waals surface area contributed by atoms with Crippen LogP contribution in [-0.2, 0) is 27.9 Å². The summed E-state index contributed by atoms with van der Waals surface area (Å²) in [6.07, 6.45) is 57.4. The summed E-state index contributed by atoms with van der Waals surface area (Å²) in [5.41, 5.74) is 0. The molecule has 0 fully saturated rings. The average molecular weight is 910 g/mol. The maximum Gasteiger partial charge on any atom is 0.306 e. The van der Waals surface area contributed by atoms with E-state index in [-0.39, 0.29) is 25.8 Å². The molecule has 0 aliphatic heterocycles. The molecule has 8 nitrogen and oxygen atoms in total. The summed E-state index contributed by atoms with van der Waals surface area (Å²) < 4.78 is 34.8. The third-order valence-electron chi connectivity index (χ3n) is 11.7. The zero-order valence-corrected chi connectivity index (χ0v) is 43.2. The number of quaternary nitrogens is 1. The molecular weight excluding hydrogens is 806 g/mol. The first-order chi connectivity index (χ1) is 30.6. The summed E-state index contributed by atoms with van der Waals surface area (Å²) in [6, 6.07) is 0. The molecule has 9 heteroatoms. The molecule has 0 saturated heterocycles. The first kappa shape index (κ1) is 61.7. The fourth-order valence-corrected chi connectivity index (χ4v) is 8.24. The maximum absolute atomic E-state index is 12.8. The van der Waals surface area contributed by atoms with Crippen molar-refractivity contribution in [3.05, 3.63) is 36.5 Å². The molecule has 2 unspecified atom stereocenters. The summed E-state index contributed by atoms with van der Waals surface area (Å²) in [5, 5.41) is 0. The molecule has 0 heterocycles. The SMILES string of the molecule is CCCCC/C=C\C/C=C\CCCCCCCCCCCCOCC(COP(=O)([O-])OCC[N+](C)(C)C)OC(=O)CCCCCCCCCCC/C=C\CCCCCCCCCC. The van der Waals surface area contributed by atoms with Crippen LogP contribution in [0.3, 0.4) is 0 Å². The Labute approximate surface area is 391 Å². The normalized spacial score (nSPS) is 13.8. The van der Waals surface area contributed by atoms with Crippen molar-refractivity contribution in [3.8, 4) is 0 Å². The standard InChI is InChI=1S/C54H104NO7P/c1-6-8-10-12-14-16-18-20-22-24-26-28-29-31-33-35-37-39-41-43-45-47-54(56)62-53(52-61-63(57,58)60-50-48-55(3,4)5)51-59-49-46-44-42-40-38-36-34-32-30-27-25-23-21-19-17-15-13-11-9-7-2/h15,17,21,23-24,26,53H,6-14,16,18-20,22,25,27-52H2,1-5H3/b17-15-,23-21-,26-24-. The number of carbonyl (C=O) groups is 1. The number of nitrogens with zero attached hydrogens (tertiary/aromatic N) is 1. The van der Waals surface area contributed by atoms with Gasteiger partial charge in [-0.3, -0.25) is 9.36 Å². The summed E-state index contributed by atoms with van der Waals surface area (Å²) in [5.74, 6) is -0.334. The quantitative estimate of drug-likeness (QED) is 0.0197. The van der Waals surface area contributed by atoms with Crippen LogP contribution in [0.25, 0.3) is 0 Å². The molecule has 0 amide bonds. The van der Waals surface area contributed by atoms with Crippen LogP contribution >= 0.6 is 7.82 Å². The minimum Gasteiger partial charge on any atom is -0.756 e. The van der Waals surface area contributed by atoms with Gasteiger partial charge in [-0.2, -0.15) is 0 Å². The lowest BCUT2D eigenvalue weighted by atomic mass is 10.1. The molecule has 0 saturated carbocycles. The molecule has 0 N–H and O–H groups in total. The van der Waals surface area contributed by atoms with E-state index in [4.69, 9.17) is 18.5 Å². The van der Waals surface area contributed by atoms with Crippen LogP contribution in [0.15, 0.2) is 36.5 Å². The Hall–Kier alpha value is -1.28. The average Bonchev–Trinajstić information content (AvgIpc) is 3.24. The van der Waals surface area contributed by atoms with Crippen LogP contribution in [0.4, 0.5) is 0 Å². The number of rotatable bonds is 50. The van der Waals surface area contributed by atoms with E-state index in [1.165, 1.54) is 186 Å². The van der Waals surface area contributed by atoms with Crippen LogP contribution in [0.5, 0.6) is 0 Å². The topological polar surface area (TPSA) is 94.1 Å². The number of phosphoric acid groups is 1. The van der Waals surface area contributed by atoms with Crippen molar-refractivity contribution >= 4 is 13.8 Å². The zero-order chi connectivity index (χ0) is 46.2. The van der Waals surface area contributed by atoms with Crippen LogP contribution in [0.2, 0.25) is 0 Å². The summed E-state index contributed by atoms with van der Waals surface area (Å²) in [7, 11) is 1.36. The van der Waals surface area contributed by atoms with E-state index in [1.54, 1.807) is 0 Å². The number of ether oxygens (including phenoxy) is 2. The second kappa shape index (κ2) is 47.2. The Balaban J connectivity index is 4.12. The van der Waals surface area contributed by atoms with E-state index >= 15 is 0 Å². The van der Waals surface area contributed by atoms with E-state index in [9.17, 15) is 14.3 Å². The van der Waals surface area contributed by atoms with E-state index in [0.29, 0.717) is 24.1 Å². The Morgan fingerprint density at radius 3 is 1.33 bits per heavy atom. The summed E-state index contributed by atoms with van der Waals surface area (Å²) >= 11 is 0. The molecule has 0 aliphatic rings. The Kier molecular flexibility index (Phi) is 46.3. The second-order valence-electron chi connectivity index (χ2n) is 19.2. The van der Waals surface area contributed by atoms with Crippen LogP contribution in [0, 0.1) is 0 Å². The van der Waals surface area contributed by atoms with Gasteiger partial charge in [0, 0.05) is 13.0 Å². The molecule has 0 spiro atoms. The Bertz CT molecular complexity index is 1100. The lowest BCUT2D eigenvalue weighted by Gasteiger charge is -2.28. The monoisotopic (exact) mass is 910 g/mol. The maximum atomic E-state index is 12.8. The van der Waals surface area contributed by atoms with Gasteiger partial charge in [0.1, 0.15) is 19.3 Å². The van der Waals surface area contributed by atoms with Gasteiger partial charge in [-0.1, -0.05) is 204 Å². The van der Waals surface area contributed by atoms with Crippen molar-refractivity contribution in [1.29, 1.82) is 0 Å². The number of hydrogen-bond donors (Lipinski definition) is 0. The molecule has 0 aromatic rings.